The van der Waals surface area contributed by atoms with Gasteiger partial charge < -0.3 is 5.11 Å². The van der Waals surface area contributed by atoms with E-state index in [-0.39, 0.29) is 32.7 Å². The third-order valence-electron chi connectivity index (χ3n) is 1.91. The van der Waals surface area contributed by atoms with Gasteiger partial charge in [-0.15, -0.1) is 0 Å². The zero-order valence-electron chi connectivity index (χ0n) is 10.7. The summed E-state index contributed by atoms with van der Waals surface area (Å²) in [7, 11) is 19.1. The molecule has 2 aliphatic carbocycles. The first kappa shape index (κ1) is 24.9. The molecule has 1 N–H and O–H groups in total. The second-order valence-electron chi connectivity index (χ2n) is 3.25. The molecule has 2 saturated carbocycles. The predicted molar refractivity (Wildman–Crippen MR) is 82.2 cm³/mol. The molecule has 122 valence electrons. The van der Waals surface area contributed by atoms with Gasteiger partial charge in [0.2, 0.25) is 0 Å². The summed E-state index contributed by atoms with van der Waals surface area (Å²) in [4.78, 5) is 10.1. The van der Waals surface area contributed by atoms with Crippen LogP contribution in [-0.2, 0) is 31.1 Å². The maximum atomic E-state index is 10.1. The van der Waals surface area contributed by atoms with Crippen molar-refractivity contribution in [1.82, 2.24) is 0 Å². The van der Waals surface area contributed by atoms with Crippen LogP contribution in [0.1, 0.15) is 12.8 Å². The van der Waals surface area contributed by atoms with Gasteiger partial charge in [0.05, 0.1) is 0 Å². The molecule has 0 spiro atoms. The van der Waals surface area contributed by atoms with Gasteiger partial charge in [0.1, 0.15) is 0 Å². The zero-order chi connectivity index (χ0) is 16.3. The Labute approximate surface area is 158 Å². The van der Waals surface area contributed by atoms with E-state index in [0.717, 1.165) is 5.92 Å². The Kier molecular flexibility index (Phi) is 25.7. The molecular weight excluding hydrogens is 442 g/mol. The topological polar surface area (TPSA) is 37.3 Å². The van der Waals surface area contributed by atoms with E-state index in [1.165, 1.54) is 0 Å². The Balaban J connectivity index is 0. The van der Waals surface area contributed by atoms with Crippen LogP contribution < -0.4 is 0 Å². The van der Waals surface area contributed by atoms with Gasteiger partial charge in [0, 0.05) is 6.42 Å². The van der Waals surface area contributed by atoms with Crippen molar-refractivity contribution in [2.45, 2.75) is 12.8 Å². The molecule has 0 aromatic heterocycles. The number of rotatable bonds is 3. The summed E-state index contributed by atoms with van der Waals surface area (Å²) in [5.74, 6) is 0.364. The summed E-state index contributed by atoms with van der Waals surface area (Å²) in [6.45, 7) is 0. The van der Waals surface area contributed by atoms with Crippen LogP contribution in [0.2, 0.25) is 0 Å². The van der Waals surface area contributed by atoms with E-state index in [0.29, 0.717) is 6.42 Å². The predicted octanol–water partition coefficient (Wildman–Crippen LogP) is 5.03. The average Bonchev–Trinajstić information content (AvgIpc) is 3.15. The first-order valence-corrected chi connectivity index (χ1v) is 11.5. The average molecular weight is 456 g/mol. The van der Waals surface area contributed by atoms with Crippen molar-refractivity contribution in [3.05, 3.63) is 63.7 Å². The molecule has 0 bridgehead atoms. The summed E-state index contributed by atoms with van der Waals surface area (Å²) in [5.41, 5.74) is 0. The monoisotopic (exact) mass is 454 g/mol. The molecule has 10 radical (unpaired) electrons. The van der Waals surface area contributed by atoms with E-state index in [2.05, 4.69) is 0 Å². The summed E-state index contributed by atoms with van der Waals surface area (Å²) in [6.07, 6.45) is 18.6. The second kappa shape index (κ2) is 21.7. The molecule has 2 nitrogen and oxygen atoms in total. The van der Waals surface area contributed by atoms with Crippen LogP contribution >= 0.6 is 40.4 Å². The van der Waals surface area contributed by atoms with Crippen molar-refractivity contribution in [1.29, 1.82) is 0 Å². The molecule has 2 rings (SSSR count). The van der Waals surface area contributed by atoms with Crippen molar-refractivity contribution in [2.24, 2.45) is 0 Å². The second-order valence-corrected chi connectivity index (χ2v) is 6.90. The molecule has 2 aliphatic rings. The van der Waals surface area contributed by atoms with Gasteiger partial charge in [-0.2, -0.15) is 0 Å². The van der Waals surface area contributed by atoms with Crippen LogP contribution in [0.5, 0.6) is 0 Å². The molecule has 0 saturated heterocycles. The van der Waals surface area contributed by atoms with Gasteiger partial charge in [-0.3, -0.25) is 4.79 Å². The summed E-state index contributed by atoms with van der Waals surface area (Å²) >= 11 is 0.389. The van der Waals surface area contributed by atoms with E-state index in [4.69, 9.17) is 45.5 Å². The van der Waals surface area contributed by atoms with Crippen molar-refractivity contribution in [2.75, 3.05) is 0 Å². The molecule has 0 aliphatic heterocycles. The van der Waals surface area contributed by atoms with Crippen LogP contribution in [0.3, 0.4) is 0 Å². The maximum absolute atomic E-state index is 10.1. The Morgan fingerprint density at radius 1 is 0.857 bits per heavy atom. The fraction of sp³-hybridized carbons (Fsp3) is 0.154. The van der Waals surface area contributed by atoms with E-state index in [1.807, 2.05) is 57.8 Å². The summed E-state index contributed by atoms with van der Waals surface area (Å²) in [5, 5.41) is 8.31. The molecule has 0 unspecified atom stereocenters. The third-order valence-corrected chi connectivity index (χ3v) is 1.91. The molecule has 0 heterocycles. The molecule has 8 heteroatoms. The normalized spacial score (nSPS) is 17.1. The van der Waals surface area contributed by atoms with Gasteiger partial charge in [-0.05, 0) is 70.1 Å². The molecule has 2 fully saturated rings. The van der Waals surface area contributed by atoms with Crippen molar-refractivity contribution in [3.8, 4) is 0 Å². The van der Waals surface area contributed by atoms with Gasteiger partial charge in [0.15, 0.2) is 0 Å². The third kappa shape index (κ3) is 24.1. The molecular formula is C13H14Cl4Fe2O2. The number of halogens is 4. The Morgan fingerprint density at radius 3 is 1.48 bits per heavy atom. The van der Waals surface area contributed by atoms with Crippen LogP contribution in [0, 0.1) is 63.7 Å². The fourth-order valence-electron chi connectivity index (χ4n) is 1.15. The SMILES string of the molecule is O=C(O)CC[C]1[CH][CH][CH][CH]1.[CH]1[CH][CH][CH][CH]1.[Cl][Fe][Cl].[Cl][Fe][Cl]. The first-order chi connectivity index (χ1) is 10.1. The summed E-state index contributed by atoms with van der Waals surface area (Å²) < 4.78 is 0. The number of carboxylic acids is 1. The molecule has 0 amide bonds. The van der Waals surface area contributed by atoms with Crippen LogP contribution in [0.25, 0.3) is 0 Å². The van der Waals surface area contributed by atoms with E-state index >= 15 is 0 Å². The fourth-order valence-corrected chi connectivity index (χ4v) is 1.15. The van der Waals surface area contributed by atoms with E-state index in [9.17, 15) is 4.79 Å². The van der Waals surface area contributed by atoms with Gasteiger partial charge in [0.25, 0.3) is 0 Å². The number of carbonyl (C=O) groups is 1. The molecule has 0 atom stereocenters. The van der Waals surface area contributed by atoms with Crippen molar-refractivity contribution in [3.63, 3.8) is 0 Å². The Bertz CT molecular complexity index is 205. The Hall–Kier alpha value is 1.67. The van der Waals surface area contributed by atoms with Crippen LogP contribution in [-0.4, -0.2) is 11.1 Å². The Morgan fingerprint density at radius 2 is 1.19 bits per heavy atom. The van der Waals surface area contributed by atoms with E-state index in [1.54, 1.807) is 0 Å². The molecule has 0 aromatic carbocycles. The minimum atomic E-state index is -0.735. The standard InChI is InChI=1S/C8H9O2.C5H5.4ClH.2Fe/c9-8(10)6-5-7-3-1-2-4-7;1-2-4-5-3-1;;;;;;/h1-4H,5-6H2,(H,9,10);1-5H;4*1H;;/q;;;;;;2*+2/p-4. The van der Waals surface area contributed by atoms with Gasteiger partial charge in [-0.1, -0.05) is 0 Å². The van der Waals surface area contributed by atoms with Crippen molar-refractivity contribution >= 4 is 46.4 Å². The minimum absolute atomic E-state index is 0.194. The van der Waals surface area contributed by atoms with E-state index < -0.39 is 5.97 Å². The number of hydrogen-bond acceptors (Lipinski definition) is 1. The van der Waals surface area contributed by atoms with Gasteiger partial charge in [-0.25, -0.2) is 0 Å². The number of carboxylic acid groups (broad SMARTS) is 1. The van der Waals surface area contributed by atoms with Crippen molar-refractivity contribution < 1.29 is 36.2 Å². The van der Waals surface area contributed by atoms with Crippen LogP contribution in [0.4, 0.5) is 0 Å². The molecule has 0 aromatic rings. The van der Waals surface area contributed by atoms with Gasteiger partial charge >= 0.3 is 72.6 Å². The van der Waals surface area contributed by atoms with Crippen LogP contribution in [0.15, 0.2) is 0 Å². The first-order valence-electron chi connectivity index (χ1n) is 5.41. The number of hydrogen-bond donors (Lipinski definition) is 1. The number of aliphatic carboxylic acids is 1. The quantitative estimate of drug-likeness (QED) is 0.606. The zero-order valence-corrected chi connectivity index (χ0v) is 15.9. The summed E-state index contributed by atoms with van der Waals surface area (Å²) in [6, 6.07) is 0. The molecule has 21 heavy (non-hydrogen) atoms.